The van der Waals surface area contributed by atoms with E-state index in [1.807, 2.05) is 9.80 Å². The number of carbonyl (C=O) groups excluding carboxylic acids is 1. The molecule has 2 N–H and O–H groups in total. The molecular weight excluding hydrogens is 297 g/mol. The van der Waals surface area contributed by atoms with E-state index in [0.717, 1.165) is 25.1 Å². The zero-order valence-corrected chi connectivity index (χ0v) is 11.9. The minimum absolute atomic E-state index is 0.156. The number of halogens is 3. The van der Waals surface area contributed by atoms with Crippen LogP contribution in [0.3, 0.4) is 0 Å². The molecule has 120 valence electrons. The van der Waals surface area contributed by atoms with E-state index in [9.17, 15) is 18.0 Å². The molecule has 1 amide bonds. The van der Waals surface area contributed by atoms with Gasteiger partial charge in [0.1, 0.15) is 5.82 Å². The van der Waals surface area contributed by atoms with Crippen molar-refractivity contribution < 1.29 is 18.0 Å². The third-order valence-electron chi connectivity index (χ3n) is 4.42. The van der Waals surface area contributed by atoms with Gasteiger partial charge in [0.2, 0.25) is 5.91 Å². The summed E-state index contributed by atoms with van der Waals surface area (Å²) < 4.78 is 38.4. The summed E-state index contributed by atoms with van der Waals surface area (Å²) in [5.74, 6) is 0.301. The molecule has 5 nitrogen and oxygen atoms in total. The van der Waals surface area contributed by atoms with Gasteiger partial charge in [-0.25, -0.2) is 4.98 Å². The predicted octanol–water partition coefficient (Wildman–Crippen LogP) is 1.10. The molecule has 0 aliphatic carbocycles. The smallest absolute Gasteiger partial charge is 0.369 e. The Labute approximate surface area is 125 Å². The third kappa shape index (κ3) is 2.87. The Morgan fingerprint density at radius 2 is 2.18 bits per heavy atom. The van der Waals surface area contributed by atoms with Crippen LogP contribution in [0.2, 0.25) is 0 Å². The van der Waals surface area contributed by atoms with E-state index in [4.69, 9.17) is 5.73 Å². The molecule has 3 heterocycles. The summed E-state index contributed by atoms with van der Waals surface area (Å²) in [4.78, 5) is 19.0. The van der Waals surface area contributed by atoms with Crippen LogP contribution < -0.4 is 10.6 Å². The summed E-state index contributed by atoms with van der Waals surface area (Å²) in [6.45, 7) is 2.24. The van der Waals surface area contributed by atoms with Gasteiger partial charge in [-0.05, 0) is 31.0 Å². The first-order chi connectivity index (χ1) is 10.3. The number of alkyl halides is 3. The van der Waals surface area contributed by atoms with Crippen molar-refractivity contribution in [1.29, 1.82) is 0 Å². The van der Waals surface area contributed by atoms with Crippen molar-refractivity contribution in [2.45, 2.75) is 18.6 Å². The molecule has 22 heavy (non-hydrogen) atoms. The number of anilines is 1. The molecule has 2 fully saturated rings. The highest BCUT2D eigenvalue weighted by atomic mass is 19.4. The average Bonchev–Trinajstić information content (AvgIpc) is 3.00. The molecule has 2 aliphatic heterocycles. The van der Waals surface area contributed by atoms with E-state index in [0.29, 0.717) is 24.8 Å². The van der Waals surface area contributed by atoms with E-state index >= 15 is 0 Å². The number of primary amides is 1. The quantitative estimate of drug-likeness (QED) is 0.907. The number of amides is 1. The lowest BCUT2D eigenvalue weighted by Gasteiger charge is -2.24. The third-order valence-corrected chi connectivity index (χ3v) is 4.42. The zero-order valence-electron chi connectivity index (χ0n) is 11.9. The monoisotopic (exact) mass is 314 g/mol. The van der Waals surface area contributed by atoms with Gasteiger partial charge in [-0.1, -0.05) is 0 Å². The number of carbonyl (C=O) groups is 1. The van der Waals surface area contributed by atoms with E-state index in [-0.39, 0.29) is 18.5 Å². The Kier molecular flexibility index (Phi) is 3.72. The van der Waals surface area contributed by atoms with Crippen molar-refractivity contribution in [1.82, 2.24) is 9.88 Å². The first-order valence-corrected chi connectivity index (χ1v) is 7.15. The van der Waals surface area contributed by atoms with Gasteiger partial charge in [-0.2, -0.15) is 13.2 Å². The van der Waals surface area contributed by atoms with Crippen LogP contribution in [0.1, 0.15) is 12.0 Å². The van der Waals surface area contributed by atoms with Gasteiger partial charge in [0.15, 0.2) is 0 Å². The Hall–Kier alpha value is -1.83. The number of likely N-dealkylation sites (tertiary alicyclic amines) is 1. The second kappa shape index (κ2) is 5.42. The van der Waals surface area contributed by atoms with Gasteiger partial charge >= 0.3 is 6.18 Å². The van der Waals surface area contributed by atoms with Gasteiger partial charge in [-0.3, -0.25) is 9.69 Å². The number of pyridine rings is 1. The normalized spacial score (nSPS) is 25.5. The number of nitrogens with zero attached hydrogens (tertiary/aromatic N) is 3. The van der Waals surface area contributed by atoms with Crippen LogP contribution in [-0.4, -0.2) is 48.0 Å². The topological polar surface area (TPSA) is 62.5 Å². The first-order valence-electron chi connectivity index (χ1n) is 7.15. The molecule has 2 unspecified atom stereocenters. The van der Waals surface area contributed by atoms with Crippen molar-refractivity contribution in [2.24, 2.45) is 11.7 Å². The molecule has 3 rings (SSSR count). The minimum Gasteiger partial charge on any atom is -0.369 e. The summed E-state index contributed by atoms with van der Waals surface area (Å²) in [6.07, 6.45) is -2.26. The van der Waals surface area contributed by atoms with Gasteiger partial charge < -0.3 is 10.6 Å². The van der Waals surface area contributed by atoms with Crippen LogP contribution in [0, 0.1) is 5.92 Å². The molecule has 2 aliphatic rings. The minimum atomic E-state index is -4.37. The molecule has 0 bridgehead atoms. The lowest BCUT2D eigenvalue weighted by atomic mass is 10.1. The fourth-order valence-electron chi connectivity index (χ4n) is 3.40. The number of hydrogen-bond acceptors (Lipinski definition) is 4. The van der Waals surface area contributed by atoms with E-state index < -0.39 is 11.7 Å². The Morgan fingerprint density at radius 3 is 2.86 bits per heavy atom. The maximum atomic E-state index is 12.8. The maximum Gasteiger partial charge on any atom is 0.416 e. The number of aromatic nitrogens is 1. The number of fused-ring (bicyclic) bond motifs is 1. The van der Waals surface area contributed by atoms with Crippen LogP contribution in [0.15, 0.2) is 18.3 Å². The van der Waals surface area contributed by atoms with Crippen LogP contribution in [-0.2, 0) is 11.0 Å². The van der Waals surface area contributed by atoms with Gasteiger partial charge in [0.05, 0.1) is 12.1 Å². The van der Waals surface area contributed by atoms with Gasteiger partial charge in [0.25, 0.3) is 0 Å². The van der Waals surface area contributed by atoms with Crippen LogP contribution >= 0.6 is 0 Å². The SMILES string of the molecule is NC(=O)CN1CCC2CN(c3cc(C(F)(F)F)ccn3)CC21. The van der Waals surface area contributed by atoms with E-state index in [1.54, 1.807) is 0 Å². The summed E-state index contributed by atoms with van der Waals surface area (Å²) in [7, 11) is 0. The molecule has 0 spiro atoms. The summed E-state index contributed by atoms with van der Waals surface area (Å²) in [5, 5.41) is 0. The summed E-state index contributed by atoms with van der Waals surface area (Å²) in [5.41, 5.74) is 4.55. The Balaban J connectivity index is 1.75. The number of rotatable bonds is 3. The number of nitrogens with two attached hydrogens (primary N) is 1. The molecule has 2 atom stereocenters. The second-order valence-corrected chi connectivity index (χ2v) is 5.86. The highest BCUT2D eigenvalue weighted by Crippen LogP contribution is 2.35. The van der Waals surface area contributed by atoms with Gasteiger partial charge in [0, 0.05) is 25.3 Å². The van der Waals surface area contributed by atoms with Crippen molar-refractivity contribution in [3.63, 3.8) is 0 Å². The molecule has 0 aromatic carbocycles. The lowest BCUT2D eigenvalue weighted by Crippen LogP contribution is -2.40. The molecule has 1 aromatic heterocycles. The van der Waals surface area contributed by atoms with Crippen molar-refractivity contribution in [2.75, 3.05) is 31.1 Å². The van der Waals surface area contributed by atoms with E-state index in [1.165, 1.54) is 6.20 Å². The Morgan fingerprint density at radius 1 is 1.41 bits per heavy atom. The fraction of sp³-hybridized carbons (Fsp3) is 0.571. The van der Waals surface area contributed by atoms with Crippen LogP contribution in [0.4, 0.5) is 19.0 Å². The van der Waals surface area contributed by atoms with Crippen molar-refractivity contribution in [3.8, 4) is 0 Å². The van der Waals surface area contributed by atoms with E-state index in [2.05, 4.69) is 4.98 Å². The molecule has 1 aromatic rings. The average molecular weight is 314 g/mol. The van der Waals surface area contributed by atoms with Gasteiger partial charge in [-0.15, -0.1) is 0 Å². The first kappa shape index (κ1) is 15.1. The Bertz CT molecular complexity index is 577. The van der Waals surface area contributed by atoms with Crippen molar-refractivity contribution >= 4 is 11.7 Å². The summed E-state index contributed by atoms with van der Waals surface area (Å²) in [6, 6.07) is 2.21. The van der Waals surface area contributed by atoms with Crippen molar-refractivity contribution in [3.05, 3.63) is 23.9 Å². The lowest BCUT2D eigenvalue weighted by molar-refractivity contribution is -0.137. The standard InChI is InChI=1S/C14H17F3N4O/c15-14(16,17)10-1-3-19-13(5-10)21-6-9-2-4-20(8-12(18)22)11(9)7-21/h1,3,5,9,11H,2,4,6-8H2,(H2,18,22). The highest BCUT2D eigenvalue weighted by Gasteiger charge is 2.42. The molecule has 0 radical (unpaired) electrons. The fourth-order valence-corrected chi connectivity index (χ4v) is 3.40. The molecular formula is C14H17F3N4O. The van der Waals surface area contributed by atoms with Crippen LogP contribution in [0.5, 0.6) is 0 Å². The summed E-state index contributed by atoms with van der Waals surface area (Å²) >= 11 is 0. The molecule has 0 saturated carbocycles. The molecule has 8 heteroatoms. The largest absolute Gasteiger partial charge is 0.416 e. The second-order valence-electron chi connectivity index (χ2n) is 5.86. The predicted molar refractivity (Wildman–Crippen MR) is 74.1 cm³/mol. The number of hydrogen-bond donors (Lipinski definition) is 1. The highest BCUT2D eigenvalue weighted by molar-refractivity contribution is 5.76. The van der Waals surface area contributed by atoms with Crippen LogP contribution in [0.25, 0.3) is 0 Å². The molecule has 2 saturated heterocycles. The zero-order chi connectivity index (χ0) is 15.9. The maximum absolute atomic E-state index is 12.8.